The monoisotopic (exact) mass is 245 g/mol. The van der Waals surface area contributed by atoms with Crippen molar-refractivity contribution < 1.29 is 9.59 Å². The molecule has 1 aromatic carbocycles. The second-order valence-corrected chi connectivity index (χ2v) is 4.82. The third kappa shape index (κ3) is 1.72. The van der Waals surface area contributed by atoms with E-state index in [1.54, 1.807) is 6.07 Å². The third-order valence-corrected chi connectivity index (χ3v) is 3.63. The van der Waals surface area contributed by atoms with Crippen LogP contribution in [0, 0.1) is 0 Å². The molecule has 2 N–H and O–H groups in total. The Morgan fingerprint density at radius 3 is 2.94 bits per heavy atom. The second-order valence-electron chi connectivity index (χ2n) is 4.82. The van der Waals surface area contributed by atoms with Gasteiger partial charge in [0.2, 0.25) is 0 Å². The highest BCUT2D eigenvalue weighted by molar-refractivity contribution is 5.98. The van der Waals surface area contributed by atoms with Crippen molar-refractivity contribution in [3.63, 3.8) is 0 Å². The van der Waals surface area contributed by atoms with Gasteiger partial charge in [-0.2, -0.15) is 0 Å². The molecule has 5 heteroatoms. The van der Waals surface area contributed by atoms with Gasteiger partial charge in [0.1, 0.15) is 0 Å². The van der Waals surface area contributed by atoms with Crippen LogP contribution in [0.25, 0.3) is 0 Å². The van der Waals surface area contributed by atoms with Gasteiger partial charge in [0.05, 0.1) is 0 Å². The summed E-state index contributed by atoms with van der Waals surface area (Å²) in [5.74, 6) is 0.0457. The van der Waals surface area contributed by atoms with E-state index in [9.17, 15) is 9.59 Å². The molecule has 1 unspecified atom stereocenters. The van der Waals surface area contributed by atoms with Gasteiger partial charge in [0, 0.05) is 30.4 Å². The predicted octanol–water partition coefficient (Wildman–Crippen LogP) is 1.56. The topological polar surface area (TPSA) is 61.4 Å². The van der Waals surface area contributed by atoms with Crippen molar-refractivity contribution in [1.82, 2.24) is 10.2 Å². The quantitative estimate of drug-likeness (QED) is 0.788. The van der Waals surface area contributed by atoms with Crippen molar-refractivity contribution in [3.8, 4) is 0 Å². The largest absolute Gasteiger partial charge is 0.336 e. The maximum Gasteiger partial charge on any atom is 0.319 e. The van der Waals surface area contributed by atoms with Crippen molar-refractivity contribution in [2.45, 2.75) is 25.9 Å². The van der Waals surface area contributed by atoms with Gasteiger partial charge < -0.3 is 15.5 Å². The van der Waals surface area contributed by atoms with Crippen LogP contribution in [0.2, 0.25) is 0 Å². The first-order valence-electron chi connectivity index (χ1n) is 6.14. The summed E-state index contributed by atoms with van der Waals surface area (Å²) in [7, 11) is 0. The summed E-state index contributed by atoms with van der Waals surface area (Å²) in [4.78, 5) is 25.3. The fourth-order valence-electron chi connectivity index (χ4n) is 2.31. The molecule has 3 amide bonds. The summed E-state index contributed by atoms with van der Waals surface area (Å²) in [5, 5.41) is 5.41. The zero-order chi connectivity index (χ0) is 12.7. The van der Waals surface area contributed by atoms with E-state index in [2.05, 4.69) is 10.6 Å². The van der Waals surface area contributed by atoms with Crippen LogP contribution in [0.5, 0.6) is 0 Å². The van der Waals surface area contributed by atoms with Gasteiger partial charge in [-0.05, 0) is 31.0 Å². The average Bonchev–Trinajstić information content (AvgIpc) is 2.36. The highest BCUT2D eigenvalue weighted by Crippen LogP contribution is 2.24. The van der Waals surface area contributed by atoms with Gasteiger partial charge in [0.15, 0.2) is 0 Å². The number of fused-ring (bicyclic) bond motifs is 1. The zero-order valence-corrected chi connectivity index (χ0v) is 10.2. The number of hydrogen-bond donors (Lipinski definition) is 2. The minimum absolute atomic E-state index is 0.0457. The lowest BCUT2D eigenvalue weighted by Gasteiger charge is -2.38. The molecule has 0 saturated carbocycles. The Morgan fingerprint density at radius 2 is 2.28 bits per heavy atom. The first-order valence-corrected chi connectivity index (χ1v) is 6.14. The van der Waals surface area contributed by atoms with Crippen molar-refractivity contribution in [2.24, 2.45) is 0 Å². The molecule has 1 fully saturated rings. The normalized spacial score (nSPS) is 21.5. The number of likely N-dealkylation sites (tertiary alicyclic amines) is 1. The zero-order valence-electron chi connectivity index (χ0n) is 10.2. The summed E-state index contributed by atoms with van der Waals surface area (Å²) in [6, 6.07) is 5.58. The van der Waals surface area contributed by atoms with Crippen LogP contribution < -0.4 is 10.6 Å². The molecule has 0 aromatic heterocycles. The number of urea groups is 1. The molecule has 2 heterocycles. The molecule has 94 valence electrons. The van der Waals surface area contributed by atoms with Gasteiger partial charge in [-0.15, -0.1) is 0 Å². The summed E-state index contributed by atoms with van der Waals surface area (Å²) in [5.41, 5.74) is 2.38. The molecule has 0 spiro atoms. The van der Waals surface area contributed by atoms with E-state index in [1.807, 2.05) is 24.0 Å². The van der Waals surface area contributed by atoms with Crippen LogP contribution in [0.1, 0.15) is 29.3 Å². The average molecular weight is 245 g/mol. The number of rotatable bonds is 1. The van der Waals surface area contributed by atoms with Crippen LogP contribution in [-0.2, 0) is 6.54 Å². The van der Waals surface area contributed by atoms with Crippen LogP contribution in [-0.4, -0.2) is 29.4 Å². The predicted molar refractivity (Wildman–Crippen MR) is 67.4 cm³/mol. The lowest BCUT2D eigenvalue weighted by Crippen LogP contribution is -2.49. The number of carbonyl (C=O) groups excluding carboxylic acids is 2. The van der Waals surface area contributed by atoms with E-state index in [0.29, 0.717) is 18.2 Å². The van der Waals surface area contributed by atoms with E-state index in [-0.39, 0.29) is 11.9 Å². The maximum absolute atomic E-state index is 12.2. The standard InChI is InChI=1S/C13H15N3O2/c1-8-4-5-16(8)12(17)9-2-3-10-7-14-13(18)15-11(10)6-9/h2-3,6,8H,4-5,7H2,1H3,(H2,14,15,18). The van der Waals surface area contributed by atoms with E-state index >= 15 is 0 Å². The summed E-state index contributed by atoms with van der Waals surface area (Å²) >= 11 is 0. The van der Waals surface area contributed by atoms with Gasteiger partial charge in [-0.3, -0.25) is 4.79 Å². The minimum atomic E-state index is -0.218. The molecule has 3 rings (SSSR count). The molecule has 0 aliphatic carbocycles. The van der Waals surface area contributed by atoms with Crippen LogP contribution in [0.4, 0.5) is 10.5 Å². The Labute approximate surface area is 105 Å². The number of amides is 3. The van der Waals surface area contributed by atoms with Crippen LogP contribution >= 0.6 is 0 Å². The number of benzene rings is 1. The summed E-state index contributed by atoms with van der Waals surface area (Å²) in [6.07, 6.45) is 1.07. The van der Waals surface area contributed by atoms with Crippen molar-refractivity contribution in [2.75, 3.05) is 11.9 Å². The molecule has 0 bridgehead atoms. The van der Waals surface area contributed by atoms with Gasteiger partial charge in [0.25, 0.3) is 5.91 Å². The molecule has 18 heavy (non-hydrogen) atoms. The van der Waals surface area contributed by atoms with Gasteiger partial charge in [-0.1, -0.05) is 6.07 Å². The smallest absolute Gasteiger partial charge is 0.319 e. The second kappa shape index (κ2) is 4.01. The Hall–Kier alpha value is -2.04. The third-order valence-electron chi connectivity index (χ3n) is 3.63. The number of nitrogens with one attached hydrogen (secondary N) is 2. The molecule has 2 aliphatic heterocycles. The molecule has 0 radical (unpaired) electrons. The first-order chi connectivity index (χ1) is 8.65. The van der Waals surface area contributed by atoms with Gasteiger partial charge in [-0.25, -0.2) is 4.79 Å². The minimum Gasteiger partial charge on any atom is -0.336 e. The Kier molecular flexibility index (Phi) is 2.47. The summed E-state index contributed by atoms with van der Waals surface area (Å²) in [6.45, 7) is 3.38. The molecular weight excluding hydrogens is 230 g/mol. The fraction of sp³-hybridized carbons (Fsp3) is 0.385. The van der Waals surface area contributed by atoms with Crippen LogP contribution in [0.3, 0.4) is 0 Å². The van der Waals surface area contributed by atoms with Gasteiger partial charge >= 0.3 is 6.03 Å². The first kappa shape index (κ1) is 11.1. The van der Waals surface area contributed by atoms with Crippen molar-refractivity contribution in [1.29, 1.82) is 0 Å². The molecular formula is C13H15N3O2. The Balaban J connectivity index is 1.87. The van der Waals surface area contributed by atoms with E-state index in [0.717, 1.165) is 24.2 Å². The molecule has 1 atom stereocenters. The Bertz CT molecular complexity index is 527. The van der Waals surface area contributed by atoms with E-state index in [4.69, 9.17) is 0 Å². The highest BCUT2D eigenvalue weighted by Gasteiger charge is 2.29. The lowest BCUT2D eigenvalue weighted by molar-refractivity contribution is 0.0502. The van der Waals surface area contributed by atoms with Crippen molar-refractivity contribution >= 4 is 17.6 Å². The Morgan fingerprint density at radius 1 is 1.44 bits per heavy atom. The summed E-state index contributed by atoms with van der Waals surface area (Å²) < 4.78 is 0. The molecule has 1 saturated heterocycles. The van der Waals surface area contributed by atoms with Crippen LogP contribution in [0.15, 0.2) is 18.2 Å². The highest BCUT2D eigenvalue weighted by atomic mass is 16.2. The molecule has 2 aliphatic rings. The van der Waals surface area contributed by atoms with E-state index < -0.39 is 0 Å². The number of nitrogens with zero attached hydrogens (tertiary/aromatic N) is 1. The van der Waals surface area contributed by atoms with E-state index in [1.165, 1.54) is 0 Å². The molecule has 1 aromatic rings. The number of carbonyl (C=O) groups is 2. The number of hydrogen-bond acceptors (Lipinski definition) is 2. The maximum atomic E-state index is 12.2. The molecule has 5 nitrogen and oxygen atoms in total. The number of anilines is 1. The SMILES string of the molecule is CC1CCN1C(=O)c1ccc2c(c1)NC(=O)NC2. The van der Waals surface area contributed by atoms with Crippen molar-refractivity contribution in [3.05, 3.63) is 29.3 Å². The lowest BCUT2D eigenvalue weighted by atomic mass is 10.0. The fourth-order valence-corrected chi connectivity index (χ4v) is 2.31.